The first-order valence-electron chi connectivity index (χ1n) is 8.35. The van der Waals surface area contributed by atoms with Crippen molar-refractivity contribution < 1.29 is 0 Å². The predicted octanol–water partition coefficient (Wildman–Crippen LogP) is 4.28. The smallest absolute Gasteiger partial charge is 0.0498 e. The molecule has 0 aromatic heterocycles. The number of rotatable bonds is 4. The maximum Gasteiger partial charge on any atom is 0.0498 e. The Morgan fingerprint density at radius 1 is 1.19 bits per heavy atom. The lowest BCUT2D eigenvalue weighted by Crippen LogP contribution is -2.45. The van der Waals surface area contributed by atoms with Crippen molar-refractivity contribution in [3.8, 4) is 0 Å². The van der Waals surface area contributed by atoms with Crippen LogP contribution in [0.2, 0.25) is 0 Å². The van der Waals surface area contributed by atoms with Crippen LogP contribution in [0.5, 0.6) is 0 Å². The summed E-state index contributed by atoms with van der Waals surface area (Å²) in [5, 5.41) is 0. The van der Waals surface area contributed by atoms with Crippen molar-refractivity contribution in [2.45, 2.75) is 71.5 Å². The van der Waals surface area contributed by atoms with Crippen molar-refractivity contribution in [3.63, 3.8) is 0 Å². The SMILES string of the molecule is Cc1ccccc1C(C(C)N)N(C)C1CCC(C)(C)CC1. The van der Waals surface area contributed by atoms with Gasteiger partial charge in [0.1, 0.15) is 0 Å². The van der Waals surface area contributed by atoms with Gasteiger partial charge in [-0.05, 0) is 63.1 Å². The molecule has 2 unspecified atom stereocenters. The third-order valence-corrected chi connectivity index (χ3v) is 5.33. The van der Waals surface area contributed by atoms with Crippen molar-refractivity contribution >= 4 is 0 Å². The molecule has 1 fully saturated rings. The van der Waals surface area contributed by atoms with Crippen molar-refractivity contribution in [2.75, 3.05) is 7.05 Å². The van der Waals surface area contributed by atoms with Gasteiger partial charge in [-0.25, -0.2) is 0 Å². The number of nitrogens with two attached hydrogens (primary N) is 1. The monoisotopic (exact) mass is 288 g/mol. The summed E-state index contributed by atoms with van der Waals surface area (Å²) in [6.45, 7) is 9.13. The Kier molecular flexibility index (Phi) is 5.11. The van der Waals surface area contributed by atoms with Crippen LogP contribution in [-0.2, 0) is 0 Å². The molecule has 118 valence electrons. The van der Waals surface area contributed by atoms with Crippen LogP contribution in [0.25, 0.3) is 0 Å². The maximum atomic E-state index is 6.36. The molecule has 2 N–H and O–H groups in total. The average molecular weight is 288 g/mol. The van der Waals surface area contributed by atoms with Crippen LogP contribution in [0.4, 0.5) is 0 Å². The van der Waals surface area contributed by atoms with E-state index in [0.29, 0.717) is 17.5 Å². The Balaban J connectivity index is 2.18. The van der Waals surface area contributed by atoms with Crippen molar-refractivity contribution in [2.24, 2.45) is 11.1 Å². The van der Waals surface area contributed by atoms with Gasteiger partial charge in [-0.2, -0.15) is 0 Å². The van der Waals surface area contributed by atoms with Crippen molar-refractivity contribution in [1.82, 2.24) is 4.90 Å². The van der Waals surface area contributed by atoms with E-state index in [2.05, 4.69) is 63.9 Å². The second-order valence-electron chi connectivity index (χ2n) is 7.72. The molecule has 1 aliphatic rings. The summed E-state index contributed by atoms with van der Waals surface area (Å²) in [5.74, 6) is 0. The summed E-state index contributed by atoms with van der Waals surface area (Å²) in [5.41, 5.74) is 9.61. The normalized spacial score (nSPS) is 22.2. The minimum atomic E-state index is 0.144. The topological polar surface area (TPSA) is 29.3 Å². The highest BCUT2D eigenvalue weighted by Gasteiger charge is 2.33. The minimum Gasteiger partial charge on any atom is -0.326 e. The van der Waals surface area contributed by atoms with Gasteiger partial charge in [0.25, 0.3) is 0 Å². The van der Waals surface area contributed by atoms with Crippen molar-refractivity contribution in [3.05, 3.63) is 35.4 Å². The van der Waals surface area contributed by atoms with E-state index in [1.807, 2.05) is 0 Å². The third-order valence-electron chi connectivity index (χ3n) is 5.33. The Labute approximate surface area is 130 Å². The van der Waals surface area contributed by atoms with Gasteiger partial charge < -0.3 is 5.73 Å². The van der Waals surface area contributed by atoms with Crippen LogP contribution < -0.4 is 5.73 Å². The number of nitrogens with zero attached hydrogens (tertiary/aromatic N) is 1. The molecule has 0 bridgehead atoms. The van der Waals surface area contributed by atoms with E-state index in [0.717, 1.165) is 0 Å². The first-order chi connectivity index (χ1) is 9.82. The number of aryl methyl sites for hydroxylation is 1. The van der Waals surface area contributed by atoms with E-state index < -0.39 is 0 Å². The van der Waals surface area contributed by atoms with Gasteiger partial charge in [0.15, 0.2) is 0 Å². The summed E-state index contributed by atoms with van der Waals surface area (Å²) in [6, 6.07) is 9.81. The number of likely N-dealkylation sites (N-methyl/N-ethyl adjacent to an activating group) is 1. The van der Waals surface area contributed by atoms with Gasteiger partial charge in [-0.1, -0.05) is 38.1 Å². The van der Waals surface area contributed by atoms with E-state index in [1.54, 1.807) is 0 Å². The zero-order chi connectivity index (χ0) is 15.6. The summed E-state index contributed by atoms with van der Waals surface area (Å²) < 4.78 is 0. The fourth-order valence-electron chi connectivity index (χ4n) is 3.81. The van der Waals surface area contributed by atoms with Crippen LogP contribution in [0.3, 0.4) is 0 Å². The molecule has 0 aliphatic heterocycles. The van der Waals surface area contributed by atoms with Crippen LogP contribution >= 0.6 is 0 Å². The van der Waals surface area contributed by atoms with E-state index in [1.165, 1.54) is 36.8 Å². The van der Waals surface area contributed by atoms with Crippen LogP contribution in [-0.4, -0.2) is 24.0 Å². The molecule has 0 amide bonds. The standard InChI is InChI=1S/C19H32N2/c1-14-8-6-7-9-17(14)18(15(2)20)21(5)16-10-12-19(3,4)13-11-16/h6-9,15-16,18H,10-13,20H2,1-5H3. The minimum absolute atomic E-state index is 0.144. The zero-order valence-corrected chi connectivity index (χ0v) is 14.4. The molecule has 0 spiro atoms. The molecule has 1 aliphatic carbocycles. The summed E-state index contributed by atoms with van der Waals surface area (Å²) >= 11 is 0. The van der Waals surface area contributed by atoms with Crippen LogP contribution in [0.15, 0.2) is 24.3 Å². The maximum absolute atomic E-state index is 6.36. The summed E-state index contributed by atoms with van der Waals surface area (Å²) in [7, 11) is 2.27. The Morgan fingerprint density at radius 2 is 1.76 bits per heavy atom. The van der Waals surface area contributed by atoms with E-state index in [4.69, 9.17) is 5.73 Å². The molecule has 1 saturated carbocycles. The Morgan fingerprint density at radius 3 is 2.29 bits per heavy atom. The number of benzene rings is 1. The van der Waals surface area contributed by atoms with Crippen LogP contribution in [0, 0.1) is 12.3 Å². The average Bonchev–Trinajstić information content (AvgIpc) is 2.40. The molecule has 0 saturated heterocycles. The molecule has 2 nitrogen and oxygen atoms in total. The third kappa shape index (κ3) is 3.87. The lowest BCUT2D eigenvalue weighted by molar-refractivity contribution is 0.0854. The lowest BCUT2D eigenvalue weighted by Gasteiger charge is -2.43. The number of hydrogen-bond acceptors (Lipinski definition) is 2. The quantitative estimate of drug-likeness (QED) is 0.896. The van der Waals surface area contributed by atoms with E-state index >= 15 is 0 Å². The molecule has 0 radical (unpaired) electrons. The fraction of sp³-hybridized carbons (Fsp3) is 0.684. The fourth-order valence-corrected chi connectivity index (χ4v) is 3.81. The Hall–Kier alpha value is -0.860. The largest absolute Gasteiger partial charge is 0.326 e. The highest BCUT2D eigenvalue weighted by molar-refractivity contribution is 5.30. The van der Waals surface area contributed by atoms with Gasteiger partial charge in [-0.3, -0.25) is 4.90 Å². The van der Waals surface area contributed by atoms with Gasteiger partial charge in [0.2, 0.25) is 0 Å². The molecular weight excluding hydrogens is 256 g/mol. The van der Waals surface area contributed by atoms with E-state index in [-0.39, 0.29) is 6.04 Å². The van der Waals surface area contributed by atoms with Gasteiger partial charge in [-0.15, -0.1) is 0 Å². The lowest BCUT2D eigenvalue weighted by atomic mass is 9.75. The highest BCUT2D eigenvalue weighted by atomic mass is 15.2. The molecule has 1 aromatic carbocycles. The molecule has 0 heterocycles. The van der Waals surface area contributed by atoms with Gasteiger partial charge in [0.05, 0.1) is 0 Å². The second-order valence-corrected chi connectivity index (χ2v) is 7.72. The molecule has 2 heteroatoms. The highest BCUT2D eigenvalue weighted by Crippen LogP contribution is 2.39. The molecule has 2 rings (SSSR count). The second kappa shape index (κ2) is 6.50. The summed E-state index contributed by atoms with van der Waals surface area (Å²) in [6.07, 6.45) is 5.22. The van der Waals surface area contributed by atoms with Gasteiger partial charge in [0, 0.05) is 18.1 Å². The first kappa shape index (κ1) is 16.5. The predicted molar refractivity (Wildman–Crippen MR) is 91.4 cm³/mol. The Bertz CT molecular complexity index is 454. The summed E-state index contributed by atoms with van der Waals surface area (Å²) in [4.78, 5) is 2.54. The first-order valence-corrected chi connectivity index (χ1v) is 8.35. The number of hydrogen-bond donors (Lipinski definition) is 1. The molecule has 21 heavy (non-hydrogen) atoms. The van der Waals surface area contributed by atoms with Crippen molar-refractivity contribution in [1.29, 1.82) is 0 Å². The molecular formula is C19H32N2. The molecule has 1 aromatic rings. The van der Waals surface area contributed by atoms with E-state index in [9.17, 15) is 0 Å². The van der Waals surface area contributed by atoms with Gasteiger partial charge >= 0.3 is 0 Å². The van der Waals surface area contributed by atoms with Crippen LogP contribution in [0.1, 0.15) is 63.6 Å². The zero-order valence-electron chi connectivity index (χ0n) is 14.4. The molecule has 2 atom stereocenters.